The van der Waals surface area contributed by atoms with E-state index in [0.717, 1.165) is 87.6 Å². The molecule has 0 saturated heterocycles. The molecule has 10 rings (SSSR count). The first kappa shape index (κ1) is 25.7. The quantitative estimate of drug-likeness (QED) is 0.187. The van der Waals surface area contributed by atoms with E-state index in [1.165, 1.54) is 0 Å². The van der Waals surface area contributed by atoms with Crippen LogP contribution in [0.4, 0.5) is 0 Å². The van der Waals surface area contributed by atoms with Gasteiger partial charge in [-0.05, 0) is 58.7 Å². The Labute approximate surface area is 265 Å². The zero-order valence-corrected chi connectivity index (χ0v) is 25.6. The molecule has 7 aromatic carbocycles. The molecule has 46 heavy (non-hydrogen) atoms. The molecule has 4 heteroatoms. The summed E-state index contributed by atoms with van der Waals surface area (Å²) in [5, 5.41) is 7.17. The fourth-order valence-corrected chi connectivity index (χ4v) is 11.0. The molecule has 2 aromatic heterocycles. The molecule has 1 atom stereocenters. The lowest BCUT2D eigenvalue weighted by atomic mass is 9.99. The van der Waals surface area contributed by atoms with Gasteiger partial charge in [-0.15, -0.1) is 0 Å². The van der Waals surface area contributed by atoms with Crippen molar-refractivity contribution in [2.45, 2.75) is 0 Å². The Morgan fingerprint density at radius 1 is 0.478 bits per heavy atom. The number of hydrogen-bond donors (Lipinski definition) is 0. The van der Waals surface area contributed by atoms with Crippen LogP contribution >= 0.6 is 7.14 Å². The number of fused-ring (bicyclic) bond motifs is 10. The maximum atomic E-state index is 15.6. The van der Waals surface area contributed by atoms with Crippen LogP contribution in [0.25, 0.3) is 71.7 Å². The Hall–Kier alpha value is -5.63. The molecule has 3 nitrogen and oxygen atoms in total. The van der Waals surface area contributed by atoms with E-state index in [9.17, 15) is 0 Å². The van der Waals surface area contributed by atoms with E-state index in [1.54, 1.807) is 0 Å². The second-order valence-electron chi connectivity index (χ2n) is 12.0. The highest BCUT2D eigenvalue weighted by atomic mass is 31.2. The van der Waals surface area contributed by atoms with Gasteiger partial charge in [0.2, 0.25) is 0 Å². The van der Waals surface area contributed by atoms with E-state index < -0.39 is 7.14 Å². The van der Waals surface area contributed by atoms with Crippen molar-refractivity contribution in [3.63, 3.8) is 0 Å². The zero-order chi connectivity index (χ0) is 30.4. The normalized spacial score (nSPS) is 15.6. The van der Waals surface area contributed by atoms with Gasteiger partial charge in [0.25, 0.3) is 0 Å². The molecule has 0 radical (unpaired) electrons. The molecule has 0 aliphatic carbocycles. The first-order valence-corrected chi connectivity index (χ1v) is 17.3. The molecule has 0 saturated carbocycles. The van der Waals surface area contributed by atoms with Gasteiger partial charge in [-0.1, -0.05) is 121 Å². The van der Waals surface area contributed by atoms with Crippen LogP contribution in [0.15, 0.2) is 162 Å². The van der Waals surface area contributed by atoms with Gasteiger partial charge in [0.1, 0.15) is 11.2 Å². The van der Waals surface area contributed by atoms with Crippen molar-refractivity contribution in [1.29, 1.82) is 0 Å². The largest absolute Gasteiger partial charge is 0.456 e. The van der Waals surface area contributed by atoms with Crippen molar-refractivity contribution in [3.8, 4) is 27.9 Å². The monoisotopic (exact) mass is 607 g/mol. The Bertz CT molecular complexity index is 2720. The summed E-state index contributed by atoms with van der Waals surface area (Å²) in [7, 11) is -3.14. The van der Waals surface area contributed by atoms with Crippen molar-refractivity contribution < 1.29 is 8.98 Å². The smallest absolute Gasteiger partial charge is 0.172 e. The van der Waals surface area contributed by atoms with Crippen molar-refractivity contribution in [1.82, 2.24) is 4.57 Å². The summed E-state index contributed by atoms with van der Waals surface area (Å²) in [4.78, 5) is 0. The summed E-state index contributed by atoms with van der Waals surface area (Å²) >= 11 is 0. The molecule has 0 amide bonds. The van der Waals surface area contributed by atoms with E-state index in [2.05, 4.69) is 102 Å². The molecule has 1 aliphatic rings. The third-order valence-electron chi connectivity index (χ3n) is 9.62. The van der Waals surface area contributed by atoms with E-state index >= 15 is 4.57 Å². The van der Waals surface area contributed by atoms with Crippen molar-refractivity contribution in [2.24, 2.45) is 0 Å². The van der Waals surface area contributed by atoms with Gasteiger partial charge in [-0.2, -0.15) is 0 Å². The first-order valence-electron chi connectivity index (χ1n) is 15.6. The van der Waals surface area contributed by atoms with Crippen molar-refractivity contribution >= 4 is 66.8 Å². The molecule has 0 fully saturated rings. The minimum absolute atomic E-state index is 0.871. The molecule has 1 unspecified atom stereocenters. The molecular weight excluding hydrogens is 581 g/mol. The second-order valence-corrected chi connectivity index (χ2v) is 14.7. The van der Waals surface area contributed by atoms with Crippen LogP contribution in [-0.2, 0) is 4.57 Å². The third kappa shape index (κ3) is 3.36. The van der Waals surface area contributed by atoms with Gasteiger partial charge in [0, 0.05) is 43.1 Å². The van der Waals surface area contributed by atoms with Crippen LogP contribution in [0.5, 0.6) is 0 Å². The van der Waals surface area contributed by atoms with Crippen molar-refractivity contribution in [2.75, 3.05) is 0 Å². The van der Waals surface area contributed by atoms with Gasteiger partial charge in [0.15, 0.2) is 7.14 Å². The summed E-state index contributed by atoms with van der Waals surface area (Å²) < 4.78 is 24.1. The Morgan fingerprint density at radius 2 is 1.17 bits per heavy atom. The molecule has 0 bridgehead atoms. The number of nitrogens with zero attached hydrogens (tertiary/aromatic N) is 1. The minimum atomic E-state index is -3.14. The van der Waals surface area contributed by atoms with Gasteiger partial charge >= 0.3 is 0 Å². The Balaban J connectivity index is 1.22. The highest BCUT2D eigenvalue weighted by Crippen LogP contribution is 2.55. The zero-order valence-electron chi connectivity index (χ0n) is 24.7. The molecule has 0 spiro atoms. The fourth-order valence-electron chi connectivity index (χ4n) is 7.67. The average molecular weight is 608 g/mol. The minimum Gasteiger partial charge on any atom is -0.456 e. The van der Waals surface area contributed by atoms with E-state index in [4.69, 9.17) is 4.42 Å². The predicted octanol–water partition coefficient (Wildman–Crippen LogP) is 9.97. The average Bonchev–Trinajstić information content (AvgIpc) is 3.75. The van der Waals surface area contributed by atoms with Gasteiger partial charge in [-0.3, -0.25) is 0 Å². The Morgan fingerprint density at radius 3 is 2.04 bits per heavy atom. The van der Waals surface area contributed by atoms with E-state index in [1.807, 2.05) is 60.7 Å². The SMILES string of the molecule is O=P1(c2ccccc2)c2ccccc2-c2ccc3c(c21)c1ccccc1n3-c1ccc(-c2cccc3oc4ccccc4c23)cc1. The van der Waals surface area contributed by atoms with Crippen LogP contribution < -0.4 is 15.9 Å². The number of para-hydroxylation sites is 2. The van der Waals surface area contributed by atoms with Crippen LogP contribution in [-0.4, -0.2) is 4.57 Å². The topological polar surface area (TPSA) is 35.1 Å². The lowest BCUT2D eigenvalue weighted by Gasteiger charge is -2.17. The maximum absolute atomic E-state index is 15.6. The molecule has 216 valence electrons. The third-order valence-corrected chi connectivity index (χ3v) is 12.8. The van der Waals surface area contributed by atoms with Gasteiger partial charge in [0.05, 0.1) is 11.0 Å². The second kappa shape index (κ2) is 9.44. The summed E-state index contributed by atoms with van der Waals surface area (Å²) in [5.41, 5.74) is 9.41. The summed E-state index contributed by atoms with van der Waals surface area (Å²) in [5.74, 6) is 0. The molecular formula is C42H26NO2P. The standard InChI is InChI=1S/C42H26NO2P/c44-46(29-11-2-1-3-12-29)39-20-9-6-13-31(39)32-25-26-36-41(42(32)46)33-14-4-7-17-35(33)43(36)28-23-21-27(22-24-28)30-16-10-19-38-40(30)34-15-5-8-18-37(34)45-38/h1-26H. The summed E-state index contributed by atoms with van der Waals surface area (Å²) in [6.07, 6.45) is 0. The molecule has 0 N–H and O–H groups in total. The van der Waals surface area contributed by atoms with Crippen LogP contribution in [0.2, 0.25) is 0 Å². The lowest BCUT2D eigenvalue weighted by molar-refractivity contribution is 0.593. The number of furan rings is 1. The van der Waals surface area contributed by atoms with Gasteiger partial charge in [-0.25, -0.2) is 0 Å². The van der Waals surface area contributed by atoms with E-state index in [-0.39, 0.29) is 0 Å². The van der Waals surface area contributed by atoms with E-state index in [0.29, 0.717) is 0 Å². The van der Waals surface area contributed by atoms with Crippen LogP contribution in [0.3, 0.4) is 0 Å². The lowest BCUT2D eigenvalue weighted by Crippen LogP contribution is -2.21. The summed E-state index contributed by atoms with van der Waals surface area (Å²) in [6.45, 7) is 0. The predicted molar refractivity (Wildman–Crippen MR) is 192 cm³/mol. The number of rotatable bonds is 3. The number of aromatic nitrogens is 1. The van der Waals surface area contributed by atoms with Crippen LogP contribution in [0.1, 0.15) is 0 Å². The highest BCUT2D eigenvalue weighted by molar-refractivity contribution is 7.86. The van der Waals surface area contributed by atoms with Crippen LogP contribution in [0, 0.1) is 0 Å². The maximum Gasteiger partial charge on any atom is 0.172 e. The van der Waals surface area contributed by atoms with Crippen molar-refractivity contribution in [3.05, 3.63) is 158 Å². The first-order chi connectivity index (χ1) is 22.7. The molecule has 1 aliphatic heterocycles. The molecule has 9 aromatic rings. The van der Waals surface area contributed by atoms with Gasteiger partial charge < -0.3 is 13.5 Å². The fraction of sp³-hybridized carbons (Fsp3) is 0. The molecule has 3 heterocycles. The Kier molecular flexibility index (Phi) is 5.27. The summed E-state index contributed by atoms with van der Waals surface area (Å²) in [6, 6.07) is 54.4. The number of benzene rings is 7. The number of hydrogen-bond acceptors (Lipinski definition) is 2. The highest BCUT2D eigenvalue weighted by Gasteiger charge is 2.42.